The van der Waals surface area contributed by atoms with Gasteiger partial charge in [-0.2, -0.15) is 0 Å². The molecule has 2 N–H and O–H groups in total. The van der Waals surface area contributed by atoms with Gasteiger partial charge in [-0.05, 0) is 63.7 Å². The van der Waals surface area contributed by atoms with Crippen molar-refractivity contribution in [2.45, 2.75) is 39.2 Å². The Morgan fingerprint density at radius 2 is 1.67 bits per heavy atom. The zero-order chi connectivity index (χ0) is 15.6. The second-order valence-corrected chi connectivity index (χ2v) is 7.21. The molecular formula is C18H22BrNO. The lowest BCUT2D eigenvalue weighted by atomic mass is 9.87. The normalized spacial score (nSPS) is 13.0. The zero-order valence-corrected chi connectivity index (χ0v) is 14.6. The molecule has 0 saturated heterocycles. The number of ether oxygens (including phenoxy) is 1. The van der Waals surface area contributed by atoms with Crippen molar-refractivity contribution in [3.8, 4) is 11.5 Å². The van der Waals surface area contributed by atoms with Crippen LogP contribution in [-0.2, 0) is 5.41 Å². The fraction of sp³-hybridized carbons (Fsp3) is 0.333. The fourth-order valence-electron chi connectivity index (χ4n) is 2.03. The first-order chi connectivity index (χ1) is 9.77. The highest BCUT2D eigenvalue weighted by Gasteiger charge is 2.13. The first-order valence-electron chi connectivity index (χ1n) is 7.11. The highest BCUT2D eigenvalue weighted by molar-refractivity contribution is 9.10. The van der Waals surface area contributed by atoms with Gasteiger partial charge in [-0.15, -0.1) is 0 Å². The maximum atomic E-state index is 5.92. The SMILES string of the molecule is C[C@@H](N)c1ccc(Oc2ccc(C(C)(C)C)cc2)c(Br)c1. The average molecular weight is 348 g/mol. The van der Waals surface area contributed by atoms with Gasteiger partial charge in [0.05, 0.1) is 4.47 Å². The van der Waals surface area contributed by atoms with Crippen LogP contribution in [0.5, 0.6) is 11.5 Å². The van der Waals surface area contributed by atoms with E-state index in [2.05, 4.69) is 48.8 Å². The summed E-state index contributed by atoms with van der Waals surface area (Å²) in [4.78, 5) is 0. The summed E-state index contributed by atoms with van der Waals surface area (Å²) < 4.78 is 6.84. The van der Waals surface area contributed by atoms with E-state index < -0.39 is 0 Å². The minimum absolute atomic E-state index is 0.0152. The number of hydrogen-bond donors (Lipinski definition) is 1. The van der Waals surface area contributed by atoms with Gasteiger partial charge >= 0.3 is 0 Å². The van der Waals surface area contributed by atoms with Gasteiger partial charge in [0.2, 0.25) is 0 Å². The van der Waals surface area contributed by atoms with Gasteiger partial charge < -0.3 is 10.5 Å². The molecule has 0 aliphatic heterocycles. The van der Waals surface area contributed by atoms with Gasteiger partial charge in [-0.25, -0.2) is 0 Å². The molecule has 0 aromatic heterocycles. The fourth-order valence-corrected chi connectivity index (χ4v) is 2.51. The first kappa shape index (κ1) is 16.1. The number of rotatable bonds is 3. The van der Waals surface area contributed by atoms with E-state index in [1.807, 2.05) is 37.3 Å². The maximum absolute atomic E-state index is 5.92. The highest BCUT2D eigenvalue weighted by Crippen LogP contribution is 2.32. The molecule has 0 radical (unpaired) electrons. The Hall–Kier alpha value is -1.32. The van der Waals surface area contributed by atoms with Gasteiger partial charge in [0.25, 0.3) is 0 Å². The molecule has 0 saturated carbocycles. The third-order valence-corrected chi connectivity index (χ3v) is 4.05. The lowest BCUT2D eigenvalue weighted by Crippen LogP contribution is -2.10. The van der Waals surface area contributed by atoms with Gasteiger partial charge in [0, 0.05) is 6.04 Å². The van der Waals surface area contributed by atoms with Crippen molar-refractivity contribution in [1.82, 2.24) is 0 Å². The molecule has 2 nitrogen and oxygen atoms in total. The van der Waals surface area contributed by atoms with Crippen molar-refractivity contribution in [2.75, 3.05) is 0 Å². The monoisotopic (exact) mass is 347 g/mol. The smallest absolute Gasteiger partial charge is 0.141 e. The highest BCUT2D eigenvalue weighted by atomic mass is 79.9. The summed E-state index contributed by atoms with van der Waals surface area (Å²) in [6, 6.07) is 14.2. The lowest BCUT2D eigenvalue weighted by molar-refractivity contribution is 0.478. The minimum atomic E-state index is 0.0152. The summed E-state index contributed by atoms with van der Waals surface area (Å²) >= 11 is 3.54. The summed E-state index contributed by atoms with van der Waals surface area (Å²) in [6.07, 6.45) is 0. The van der Waals surface area contributed by atoms with Crippen LogP contribution in [0.2, 0.25) is 0 Å². The van der Waals surface area contributed by atoms with E-state index in [0.29, 0.717) is 0 Å². The van der Waals surface area contributed by atoms with E-state index in [9.17, 15) is 0 Å². The molecule has 21 heavy (non-hydrogen) atoms. The van der Waals surface area contributed by atoms with Crippen molar-refractivity contribution in [1.29, 1.82) is 0 Å². The van der Waals surface area contributed by atoms with Gasteiger partial charge in [0.1, 0.15) is 11.5 Å². The Labute approximate surface area is 135 Å². The largest absolute Gasteiger partial charge is 0.456 e. The van der Waals surface area contributed by atoms with Crippen LogP contribution in [0.3, 0.4) is 0 Å². The Morgan fingerprint density at radius 3 is 2.14 bits per heavy atom. The quantitative estimate of drug-likeness (QED) is 0.788. The molecule has 2 aromatic carbocycles. The van der Waals surface area contributed by atoms with Gasteiger partial charge in [-0.1, -0.05) is 39.0 Å². The van der Waals surface area contributed by atoms with Crippen LogP contribution < -0.4 is 10.5 Å². The Morgan fingerprint density at radius 1 is 1.05 bits per heavy atom. The van der Waals surface area contributed by atoms with Crippen LogP contribution in [0, 0.1) is 0 Å². The Kier molecular flexibility index (Phi) is 4.74. The van der Waals surface area contributed by atoms with Crippen LogP contribution in [0.1, 0.15) is 44.9 Å². The van der Waals surface area contributed by atoms with Gasteiger partial charge in [-0.3, -0.25) is 0 Å². The molecule has 0 fully saturated rings. The summed E-state index contributed by atoms with van der Waals surface area (Å²) in [6.45, 7) is 8.57. The summed E-state index contributed by atoms with van der Waals surface area (Å²) in [5.74, 6) is 1.63. The molecule has 1 atom stereocenters. The van der Waals surface area contributed by atoms with Crippen LogP contribution in [0.4, 0.5) is 0 Å². The van der Waals surface area contributed by atoms with Crippen molar-refractivity contribution in [3.63, 3.8) is 0 Å². The van der Waals surface area contributed by atoms with Crippen LogP contribution in [0.25, 0.3) is 0 Å². The molecule has 112 valence electrons. The van der Waals surface area contributed by atoms with Crippen molar-refractivity contribution >= 4 is 15.9 Å². The molecule has 0 aliphatic rings. The number of nitrogens with two attached hydrogens (primary N) is 1. The van der Waals surface area contributed by atoms with Crippen molar-refractivity contribution in [2.24, 2.45) is 5.73 Å². The number of halogens is 1. The molecule has 0 unspecified atom stereocenters. The molecule has 0 spiro atoms. The molecule has 2 aromatic rings. The third-order valence-electron chi connectivity index (χ3n) is 3.43. The van der Waals surface area contributed by atoms with E-state index in [1.165, 1.54) is 5.56 Å². The standard InChI is InChI=1S/C18H22BrNO/c1-12(20)13-5-10-17(16(19)11-13)21-15-8-6-14(7-9-15)18(2,3)4/h5-12H,20H2,1-4H3/t12-/m1/s1. The Balaban J connectivity index is 2.19. The average Bonchev–Trinajstić information content (AvgIpc) is 2.40. The molecular weight excluding hydrogens is 326 g/mol. The molecule has 0 aliphatic carbocycles. The van der Waals surface area contributed by atoms with Crippen LogP contribution >= 0.6 is 15.9 Å². The molecule has 3 heteroatoms. The Bertz CT molecular complexity index is 612. The zero-order valence-electron chi connectivity index (χ0n) is 13.0. The molecule has 0 bridgehead atoms. The second-order valence-electron chi connectivity index (χ2n) is 6.35. The molecule has 2 rings (SSSR count). The van der Waals surface area contributed by atoms with E-state index in [-0.39, 0.29) is 11.5 Å². The van der Waals surface area contributed by atoms with Crippen LogP contribution in [-0.4, -0.2) is 0 Å². The lowest BCUT2D eigenvalue weighted by Gasteiger charge is -2.19. The first-order valence-corrected chi connectivity index (χ1v) is 7.90. The number of hydrogen-bond acceptors (Lipinski definition) is 2. The molecule has 0 amide bonds. The minimum Gasteiger partial charge on any atom is -0.456 e. The number of benzene rings is 2. The van der Waals surface area contributed by atoms with Crippen LogP contribution in [0.15, 0.2) is 46.9 Å². The maximum Gasteiger partial charge on any atom is 0.141 e. The van der Waals surface area contributed by atoms with E-state index in [4.69, 9.17) is 10.5 Å². The topological polar surface area (TPSA) is 35.2 Å². The van der Waals surface area contributed by atoms with E-state index >= 15 is 0 Å². The summed E-state index contributed by atoms with van der Waals surface area (Å²) in [7, 11) is 0. The van der Waals surface area contributed by atoms with E-state index in [0.717, 1.165) is 21.5 Å². The summed E-state index contributed by atoms with van der Waals surface area (Å²) in [5, 5.41) is 0. The predicted molar refractivity (Wildman–Crippen MR) is 92.0 cm³/mol. The summed E-state index contributed by atoms with van der Waals surface area (Å²) in [5.41, 5.74) is 8.41. The molecule has 0 heterocycles. The second kappa shape index (κ2) is 6.20. The van der Waals surface area contributed by atoms with Gasteiger partial charge in [0.15, 0.2) is 0 Å². The van der Waals surface area contributed by atoms with Crippen molar-refractivity contribution < 1.29 is 4.74 Å². The predicted octanol–water partition coefficient (Wildman–Crippen LogP) is 5.56. The third kappa shape index (κ3) is 4.08. The van der Waals surface area contributed by atoms with E-state index in [1.54, 1.807) is 0 Å². The van der Waals surface area contributed by atoms with Crippen molar-refractivity contribution in [3.05, 3.63) is 58.1 Å².